The summed E-state index contributed by atoms with van der Waals surface area (Å²) in [6, 6.07) is 17.6. The highest BCUT2D eigenvalue weighted by Crippen LogP contribution is 2.31. The first-order chi connectivity index (χ1) is 13.2. The summed E-state index contributed by atoms with van der Waals surface area (Å²) in [4.78, 5) is 14.5. The minimum atomic E-state index is -0.0843. The Balaban J connectivity index is 1.82. The maximum atomic E-state index is 12.8. The summed E-state index contributed by atoms with van der Waals surface area (Å²) in [5, 5.41) is 9.14. The van der Waals surface area contributed by atoms with Gasteiger partial charge in [-0.2, -0.15) is 5.10 Å². The Kier molecular flexibility index (Phi) is 6.65. The van der Waals surface area contributed by atoms with Crippen LogP contribution in [0, 0.1) is 0 Å². The molecule has 1 aliphatic rings. The molecule has 3 rings (SSSR count). The summed E-state index contributed by atoms with van der Waals surface area (Å²) < 4.78 is 5.32. The molecule has 27 heavy (non-hydrogen) atoms. The highest BCUT2D eigenvalue weighted by atomic mass is 32.2. The van der Waals surface area contributed by atoms with Crippen molar-refractivity contribution in [3.63, 3.8) is 0 Å². The number of amidine groups is 1. The third kappa shape index (κ3) is 4.77. The highest BCUT2D eigenvalue weighted by Gasteiger charge is 2.37. The molecule has 0 aromatic heterocycles. The molecule has 6 heteroatoms. The van der Waals surface area contributed by atoms with Crippen LogP contribution in [0.3, 0.4) is 0 Å². The first kappa shape index (κ1) is 19.2. The summed E-state index contributed by atoms with van der Waals surface area (Å²) in [6.07, 6.45) is 3.45. The van der Waals surface area contributed by atoms with Crippen LogP contribution in [0.4, 0.5) is 0 Å². The number of carbonyl (C=O) groups excluding carboxylic acids is 1. The molecule has 1 fully saturated rings. The first-order valence-corrected chi connectivity index (χ1v) is 9.87. The quantitative estimate of drug-likeness (QED) is 0.530. The average molecular weight is 382 g/mol. The van der Waals surface area contributed by atoms with E-state index in [2.05, 4.69) is 17.1 Å². The number of ether oxygens (including phenoxy) is 1. The van der Waals surface area contributed by atoms with Crippen molar-refractivity contribution in [1.82, 2.24) is 4.90 Å². The van der Waals surface area contributed by atoms with Gasteiger partial charge in [-0.1, -0.05) is 67.6 Å². The molecule has 0 radical (unpaired) electrons. The van der Waals surface area contributed by atoms with E-state index < -0.39 is 0 Å². The largest absolute Gasteiger partial charge is 0.496 e. The van der Waals surface area contributed by atoms with E-state index in [4.69, 9.17) is 4.74 Å². The lowest BCUT2D eigenvalue weighted by molar-refractivity contribution is -0.126. The van der Waals surface area contributed by atoms with E-state index in [-0.39, 0.29) is 11.2 Å². The van der Waals surface area contributed by atoms with Crippen molar-refractivity contribution in [3.05, 3.63) is 65.7 Å². The third-order valence-electron chi connectivity index (χ3n) is 4.23. The Morgan fingerprint density at radius 2 is 1.89 bits per heavy atom. The number of hydrogen-bond acceptors (Lipinski definition) is 5. The molecule has 5 nitrogen and oxygen atoms in total. The van der Waals surface area contributed by atoms with Crippen LogP contribution in [0.1, 0.15) is 30.9 Å². The van der Waals surface area contributed by atoms with Gasteiger partial charge in [-0.15, -0.1) is 5.10 Å². The van der Waals surface area contributed by atoms with E-state index in [9.17, 15) is 4.79 Å². The fourth-order valence-corrected chi connectivity index (χ4v) is 4.07. The fourth-order valence-electron chi connectivity index (χ4n) is 2.86. The SMILES string of the molecule is CCCC1S/C(=N\N=C\c2ccccc2OC)N(Cc2ccccc2)C1=O. The number of amides is 1. The Hall–Kier alpha value is -2.60. The number of benzene rings is 2. The Morgan fingerprint density at radius 1 is 1.15 bits per heavy atom. The lowest BCUT2D eigenvalue weighted by atomic mass is 10.2. The summed E-state index contributed by atoms with van der Waals surface area (Å²) in [6.45, 7) is 2.60. The molecule has 0 saturated carbocycles. The summed E-state index contributed by atoms with van der Waals surface area (Å²) >= 11 is 1.50. The topological polar surface area (TPSA) is 54.3 Å². The van der Waals surface area contributed by atoms with Crippen LogP contribution in [0.2, 0.25) is 0 Å². The Labute approximate surface area is 164 Å². The van der Waals surface area contributed by atoms with Gasteiger partial charge < -0.3 is 4.74 Å². The Bertz CT molecular complexity index is 836. The zero-order valence-corrected chi connectivity index (χ0v) is 16.4. The molecule has 1 unspecified atom stereocenters. The molecule has 1 aliphatic heterocycles. The summed E-state index contributed by atoms with van der Waals surface area (Å²) in [5.41, 5.74) is 1.92. The molecule has 0 bridgehead atoms. The van der Waals surface area contributed by atoms with Crippen molar-refractivity contribution in [2.45, 2.75) is 31.6 Å². The molecule has 1 amide bonds. The second kappa shape index (κ2) is 9.37. The molecule has 1 saturated heterocycles. The minimum Gasteiger partial charge on any atom is -0.496 e. The van der Waals surface area contributed by atoms with E-state index in [1.54, 1.807) is 18.2 Å². The number of rotatable bonds is 7. The van der Waals surface area contributed by atoms with E-state index in [1.165, 1.54) is 11.8 Å². The van der Waals surface area contributed by atoms with Crippen molar-refractivity contribution < 1.29 is 9.53 Å². The van der Waals surface area contributed by atoms with Gasteiger partial charge >= 0.3 is 0 Å². The standard InChI is InChI=1S/C21H23N3O2S/c1-3-9-19-20(25)24(15-16-10-5-4-6-11-16)21(27-19)23-22-14-17-12-7-8-13-18(17)26-2/h4-8,10-14,19H,3,9,15H2,1-2H3/b22-14+,23-21-. The summed E-state index contributed by atoms with van der Waals surface area (Å²) in [7, 11) is 1.63. The number of hydrogen-bond donors (Lipinski definition) is 0. The van der Waals surface area contributed by atoms with E-state index in [0.717, 1.165) is 29.7 Å². The maximum absolute atomic E-state index is 12.8. The van der Waals surface area contributed by atoms with Gasteiger partial charge in [0.25, 0.3) is 0 Å². The van der Waals surface area contributed by atoms with Crippen LogP contribution < -0.4 is 4.74 Å². The number of para-hydroxylation sites is 1. The van der Waals surface area contributed by atoms with E-state index in [1.807, 2.05) is 54.6 Å². The first-order valence-electron chi connectivity index (χ1n) is 8.99. The van der Waals surface area contributed by atoms with Gasteiger partial charge in [0.2, 0.25) is 5.91 Å². The zero-order chi connectivity index (χ0) is 19.1. The lowest BCUT2D eigenvalue weighted by Gasteiger charge is -2.15. The molecular weight excluding hydrogens is 358 g/mol. The smallest absolute Gasteiger partial charge is 0.242 e. The van der Waals surface area contributed by atoms with Crippen LogP contribution >= 0.6 is 11.8 Å². The third-order valence-corrected chi connectivity index (χ3v) is 5.47. The molecular formula is C21H23N3O2S. The van der Waals surface area contributed by atoms with Gasteiger partial charge in [0, 0.05) is 5.56 Å². The van der Waals surface area contributed by atoms with Crippen LogP contribution in [-0.4, -0.2) is 34.5 Å². The normalized spacial score (nSPS) is 18.6. The van der Waals surface area contributed by atoms with Crippen molar-refractivity contribution in [3.8, 4) is 5.75 Å². The van der Waals surface area contributed by atoms with Gasteiger partial charge in [0.15, 0.2) is 5.17 Å². The van der Waals surface area contributed by atoms with Gasteiger partial charge in [0.1, 0.15) is 5.75 Å². The molecule has 1 heterocycles. The van der Waals surface area contributed by atoms with Crippen molar-refractivity contribution in [2.24, 2.45) is 10.2 Å². The predicted molar refractivity (Wildman–Crippen MR) is 111 cm³/mol. The van der Waals surface area contributed by atoms with Crippen molar-refractivity contribution in [2.75, 3.05) is 7.11 Å². The highest BCUT2D eigenvalue weighted by molar-refractivity contribution is 8.15. The van der Waals surface area contributed by atoms with Crippen LogP contribution in [0.15, 0.2) is 64.8 Å². The monoisotopic (exact) mass is 381 g/mol. The van der Waals surface area contributed by atoms with Crippen LogP contribution in [0.25, 0.3) is 0 Å². The average Bonchev–Trinajstić information content (AvgIpc) is 2.98. The zero-order valence-electron chi connectivity index (χ0n) is 15.5. The molecule has 2 aromatic carbocycles. The number of thioether (sulfide) groups is 1. The van der Waals surface area contributed by atoms with Gasteiger partial charge in [-0.3, -0.25) is 9.69 Å². The maximum Gasteiger partial charge on any atom is 0.242 e. The molecule has 0 N–H and O–H groups in total. The molecule has 1 atom stereocenters. The molecule has 140 valence electrons. The number of nitrogens with zero attached hydrogens (tertiary/aromatic N) is 3. The van der Waals surface area contributed by atoms with Gasteiger partial charge in [0.05, 0.1) is 25.1 Å². The predicted octanol–water partition coefficient (Wildman–Crippen LogP) is 4.33. The fraction of sp³-hybridized carbons (Fsp3) is 0.286. The van der Waals surface area contributed by atoms with Gasteiger partial charge in [-0.05, 0) is 24.1 Å². The molecule has 2 aromatic rings. The van der Waals surface area contributed by atoms with E-state index >= 15 is 0 Å². The molecule has 0 spiro atoms. The lowest BCUT2D eigenvalue weighted by Crippen LogP contribution is -2.31. The van der Waals surface area contributed by atoms with Crippen molar-refractivity contribution in [1.29, 1.82) is 0 Å². The van der Waals surface area contributed by atoms with Crippen molar-refractivity contribution >= 4 is 29.1 Å². The summed E-state index contributed by atoms with van der Waals surface area (Å²) in [5.74, 6) is 0.846. The minimum absolute atomic E-state index is 0.0843. The van der Waals surface area contributed by atoms with Crippen LogP contribution in [0.5, 0.6) is 5.75 Å². The second-order valence-electron chi connectivity index (χ2n) is 6.17. The van der Waals surface area contributed by atoms with E-state index in [0.29, 0.717) is 11.7 Å². The van der Waals surface area contributed by atoms with Gasteiger partial charge in [-0.25, -0.2) is 0 Å². The number of methoxy groups -OCH3 is 1. The second-order valence-corrected chi connectivity index (χ2v) is 7.34. The molecule has 0 aliphatic carbocycles. The van der Waals surface area contributed by atoms with Crippen LogP contribution in [-0.2, 0) is 11.3 Å². The Morgan fingerprint density at radius 3 is 2.63 bits per heavy atom. The number of carbonyl (C=O) groups is 1.